The van der Waals surface area contributed by atoms with Crippen LogP contribution >= 0.6 is 0 Å². The SMILES string of the molecule is C=C(C)c1c(/C=C\C(C)CC)c2ccc(OC)cc2n1CCCC(N)C#N.CC. The number of nitrogens with two attached hydrogens (primary N) is 1. The molecule has 158 valence electrons. The Morgan fingerprint density at radius 3 is 2.62 bits per heavy atom. The summed E-state index contributed by atoms with van der Waals surface area (Å²) in [4.78, 5) is 0. The molecule has 0 amide bonds. The average Bonchev–Trinajstić information content (AvgIpc) is 3.06. The Morgan fingerprint density at radius 2 is 2.07 bits per heavy atom. The molecule has 1 aromatic heterocycles. The molecule has 0 aliphatic heterocycles. The predicted octanol–water partition coefficient (Wildman–Crippen LogP) is 6.40. The third kappa shape index (κ3) is 6.24. The van der Waals surface area contributed by atoms with Gasteiger partial charge in [0, 0.05) is 23.6 Å². The summed E-state index contributed by atoms with van der Waals surface area (Å²) in [7, 11) is 1.68. The van der Waals surface area contributed by atoms with Gasteiger partial charge in [-0.05, 0) is 43.4 Å². The van der Waals surface area contributed by atoms with E-state index >= 15 is 0 Å². The highest BCUT2D eigenvalue weighted by Crippen LogP contribution is 2.34. The average molecular weight is 396 g/mol. The fraction of sp³-hybridized carbons (Fsp3) is 0.480. The van der Waals surface area contributed by atoms with Crippen molar-refractivity contribution in [3.8, 4) is 11.8 Å². The molecule has 2 atom stereocenters. The summed E-state index contributed by atoms with van der Waals surface area (Å²) in [6, 6.07) is 7.89. The van der Waals surface area contributed by atoms with E-state index in [1.807, 2.05) is 26.8 Å². The van der Waals surface area contributed by atoms with Gasteiger partial charge in [-0.1, -0.05) is 52.8 Å². The maximum atomic E-state index is 8.94. The van der Waals surface area contributed by atoms with Crippen molar-refractivity contribution in [1.82, 2.24) is 4.57 Å². The molecule has 0 aliphatic carbocycles. The molecule has 1 aromatic carbocycles. The number of aryl methyl sites for hydroxylation is 1. The minimum absolute atomic E-state index is 0.417. The van der Waals surface area contributed by atoms with Gasteiger partial charge in [0.05, 0.1) is 30.4 Å². The van der Waals surface area contributed by atoms with E-state index < -0.39 is 6.04 Å². The van der Waals surface area contributed by atoms with E-state index in [0.29, 0.717) is 12.3 Å². The number of nitrogens with zero attached hydrogens (tertiary/aromatic N) is 2. The van der Waals surface area contributed by atoms with E-state index in [0.717, 1.165) is 41.9 Å². The first-order valence-corrected chi connectivity index (χ1v) is 10.6. The Morgan fingerprint density at radius 1 is 1.38 bits per heavy atom. The van der Waals surface area contributed by atoms with Crippen LogP contribution in [0, 0.1) is 17.2 Å². The third-order valence-corrected chi connectivity index (χ3v) is 5.01. The van der Waals surface area contributed by atoms with Crippen LogP contribution in [0.4, 0.5) is 0 Å². The lowest BCUT2D eigenvalue weighted by molar-refractivity contribution is 0.415. The van der Waals surface area contributed by atoms with Crippen LogP contribution in [0.5, 0.6) is 5.75 Å². The molecular weight excluding hydrogens is 358 g/mol. The lowest BCUT2D eigenvalue weighted by atomic mass is 10.0. The lowest BCUT2D eigenvalue weighted by Crippen LogP contribution is -2.17. The Labute approximate surface area is 176 Å². The van der Waals surface area contributed by atoms with E-state index in [1.54, 1.807) is 7.11 Å². The van der Waals surface area contributed by atoms with Crippen LogP contribution in [-0.4, -0.2) is 17.7 Å². The summed E-state index contributed by atoms with van der Waals surface area (Å²) in [5.41, 5.74) is 10.3. The minimum Gasteiger partial charge on any atom is -0.497 e. The second-order valence-corrected chi connectivity index (χ2v) is 7.20. The number of nitriles is 1. The molecule has 0 saturated carbocycles. The van der Waals surface area contributed by atoms with Gasteiger partial charge in [-0.25, -0.2) is 0 Å². The Bertz CT molecular complexity index is 870. The fourth-order valence-electron chi connectivity index (χ4n) is 3.27. The Kier molecular flexibility index (Phi) is 10.3. The second kappa shape index (κ2) is 12.1. The van der Waals surface area contributed by atoms with E-state index in [2.05, 4.69) is 55.3 Å². The van der Waals surface area contributed by atoms with E-state index in [-0.39, 0.29) is 0 Å². The third-order valence-electron chi connectivity index (χ3n) is 5.01. The summed E-state index contributed by atoms with van der Waals surface area (Å²) in [6.45, 7) is 15.5. The molecule has 2 unspecified atom stereocenters. The molecule has 0 aliphatic rings. The van der Waals surface area contributed by atoms with Crippen LogP contribution in [-0.2, 0) is 6.54 Å². The van der Waals surface area contributed by atoms with E-state index in [9.17, 15) is 0 Å². The van der Waals surface area contributed by atoms with Gasteiger partial charge in [0.15, 0.2) is 0 Å². The van der Waals surface area contributed by atoms with Gasteiger partial charge in [0.1, 0.15) is 5.75 Å². The molecule has 0 spiro atoms. The maximum Gasteiger partial charge on any atom is 0.120 e. The van der Waals surface area contributed by atoms with Crippen molar-refractivity contribution in [3.05, 3.63) is 42.1 Å². The van der Waals surface area contributed by atoms with Crippen molar-refractivity contribution in [3.63, 3.8) is 0 Å². The standard InChI is InChI=1S/C23H31N3O.C2H6/c1-6-17(4)9-11-21-20-12-10-19(27-5)14-22(20)26(23(21)16(2)3)13-7-8-18(25)15-24;1-2/h9-12,14,17-18H,2,6-8,13,25H2,1,3-5H3;1-2H3/b11-9-;. The van der Waals surface area contributed by atoms with Crippen LogP contribution in [0.15, 0.2) is 30.9 Å². The van der Waals surface area contributed by atoms with Gasteiger partial charge < -0.3 is 15.0 Å². The van der Waals surface area contributed by atoms with Crippen LogP contribution < -0.4 is 10.5 Å². The highest BCUT2D eigenvalue weighted by Gasteiger charge is 2.17. The highest BCUT2D eigenvalue weighted by atomic mass is 16.5. The molecule has 0 bridgehead atoms. The van der Waals surface area contributed by atoms with Crippen molar-refractivity contribution in [2.75, 3.05) is 7.11 Å². The highest BCUT2D eigenvalue weighted by molar-refractivity contribution is 5.96. The predicted molar refractivity (Wildman–Crippen MR) is 126 cm³/mol. The normalized spacial score (nSPS) is 12.9. The van der Waals surface area contributed by atoms with Gasteiger partial charge in [0.2, 0.25) is 0 Å². The van der Waals surface area contributed by atoms with Crippen LogP contribution in [0.3, 0.4) is 0 Å². The van der Waals surface area contributed by atoms with Crippen LogP contribution in [0.25, 0.3) is 22.6 Å². The first-order valence-electron chi connectivity index (χ1n) is 10.6. The molecule has 2 N–H and O–H groups in total. The molecule has 29 heavy (non-hydrogen) atoms. The molecule has 2 rings (SSSR count). The largest absolute Gasteiger partial charge is 0.497 e. The number of benzene rings is 1. The number of hydrogen-bond acceptors (Lipinski definition) is 3. The summed E-state index contributed by atoms with van der Waals surface area (Å²) < 4.78 is 7.74. The van der Waals surface area contributed by atoms with Crippen molar-refractivity contribution in [2.45, 2.75) is 66.5 Å². The quantitative estimate of drug-likeness (QED) is 0.534. The molecule has 4 nitrogen and oxygen atoms in total. The molecule has 2 aromatic rings. The Hall–Kier alpha value is -2.51. The number of methoxy groups -OCH3 is 1. The summed E-state index contributed by atoms with van der Waals surface area (Å²) in [5, 5.41) is 10.1. The van der Waals surface area contributed by atoms with E-state index in [4.69, 9.17) is 15.7 Å². The lowest BCUT2D eigenvalue weighted by Gasteiger charge is -2.12. The molecular formula is C25H37N3O. The second-order valence-electron chi connectivity index (χ2n) is 7.20. The van der Waals surface area contributed by atoms with Crippen LogP contribution in [0.1, 0.15) is 65.1 Å². The van der Waals surface area contributed by atoms with Crippen molar-refractivity contribution >= 4 is 22.6 Å². The van der Waals surface area contributed by atoms with Crippen molar-refractivity contribution in [2.24, 2.45) is 11.7 Å². The summed E-state index contributed by atoms with van der Waals surface area (Å²) >= 11 is 0. The number of rotatable bonds is 9. The maximum absolute atomic E-state index is 8.94. The summed E-state index contributed by atoms with van der Waals surface area (Å²) in [5.74, 6) is 1.36. The number of hydrogen-bond donors (Lipinski definition) is 1. The smallest absolute Gasteiger partial charge is 0.120 e. The van der Waals surface area contributed by atoms with Crippen molar-refractivity contribution in [1.29, 1.82) is 5.26 Å². The number of ether oxygens (including phenoxy) is 1. The molecule has 4 heteroatoms. The van der Waals surface area contributed by atoms with Gasteiger partial charge in [0.25, 0.3) is 0 Å². The molecule has 0 radical (unpaired) electrons. The number of fused-ring (bicyclic) bond motifs is 1. The topological polar surface area (TPSA) is 64.0 Å². The Balaban J connectivity index is 0.00000204. The first-order chi connectivity index (χ1) is 13.9. The van der Waals surface area contributed by atoms with E-state index in [1.165, 1.54) is 10.9 Å². The minimum atomic E-state index is -0.417. The van der Waals surface area contributed by atoms with Crippen LogP contribution in [0.2, 0.25) is 0 Å². The molecule has 1 heterocycles. The fourth-order valence-corrected chi connectivity index (χ4v) is 3.27. The number of allylic oxidation sites excluding steroid dienone is 2. The molecule has 0 fully saturated rings. The van der Waals surface area contributed by atoms with Gasteiger partial charge in [-0.2, -0.15) is 5.26 Å². The van der Waals surface area contributed by atoms with Gasteiger partial charge >= 0.3 is 0 Å². The zero-order valence-electron chi connectivity index (χ0n) is 19.0. The van der Waals surface area contributed by atoms with Gasteiger partial charge in [-0.3, -0.25) is 0 Å². The first kappa shape index (κ1) is 24.5. The number of aromatic nitrogens is 1. The zero-order chi connectivity index (χ0) is 22.0. The monoisotopic (exact) mass is 395 g/mol. The molecule has 0 saturated heterocycles. The zero-order valence-corrected chi connectivity index (χ0v) is 19.0. The van der Waals surface area contributed by atoms with Crippen molar-refractivity contribution < 1.29 is 4.74 Å². The van der Waals surface area contributed by atoms with Gasteiger partial charge in [-0.15, -0.1) is 0 Å². The summed E-state index contributed by atoms with van der Waals surface area (Å²) in [6.07, 6.45) is 7.11.